The predicted molar refractivity (Wildman–Crippen MR) is 99.0 cm³/mol. The molecule has 134 valence electrons. The molecule has 0 bridgehead atoms. The molecule has 0 amide bonds. The third kappa shape index (κ3) is 6.97. The van der Waals surface area contributed by atoms with E-state index < -0.39 is 0 Å². The fourth-order valence-electron chi connectivity index (χ4n) is 2.28. The molecule has 1 saturated carbocycles. The Kier molecular flexibility index (Phi) is 8.19. The number of ether oxygens (including phenoxy) is 2. The Bertz CT molecular complexity index is 533. The van der Waals surface area contributed by atoms with Gasteiger partial charge >= 0.3 is 0 Å². The van der Waals surface area contributed by atoms with Gasteiger partial charge in [-0.3, -0.25) is 4.99 Å². The molecule has 1 aliphatic rings. The normalized spacial score (nSPS) is 14.5. The van der Waals surface area contributed by atoms with Crippen LogP contribution in [-0.4, -0.2) is 39.4 Å². The molecular formula is C18H28ClN3O2. The Morgan fingerprint density at radius 2 is 2.17 bits per heavy atom. The first kappa shape index (κ1) is 18.9. The molecule has 0 heterocycles. The summed E-state index contributed by atoms with van der Waals surface area (Å²) in [7, 11) is 1.77. The molecule has 0 atom stereocenters. The maximum absolute atomic E-state index is 6.03. The monoisotopic (exact) mass is 353 g/mol. The van der Waals surface area contributed by atoms with Gasteiger partial charge in [0.15, 0.2) is 5.96 Å². The minimum Gasteiger partial charge on any atom is -0.493 e. The number of benzene rings is 1. The highest BCUT2D eigenvalue weighted by molar-refractivity contribution is 6.30. The predicted octanol–water partition coefficient (Wildman–Crippen LogP) is 3.22. The van der Waals surface area contributed by atoms with Crippen molar-refractivity contribution in [3.8, 4) is 5.75 Å². The van der Waals surface area contributed by atoms with Crippen LogP contribution in [-0.2, 0) is 11.3 Å². The van der Waals surface area contributed by atoms with E-state index in [-0.39, 0.29) is 0 Å². The van der Waals surface area contributed by atoms with Crippen molar-refractivity contribution in [2.24, 2.45) is 10.9 Å². The van der Waals surface area contributed by atoms with Gasteiger partial charge in [-0.2, -0.15) is 0 Å². The van der Waals surface area contributed by atoms with Gasteiger partial charge in [-0.15, -0.1) is 0 Å². The zero-order valence-corrected chi connectivity index (χ0v) is 15.4. The van der Waals surface area contributed by atoms with E-state index in [4.69, 9.17) is 21.1 Å². The summed E-state index contributed by atoms with van der Waals surface area (Å²) in [6.07, 6.45) is 3.64. The number of halogens is 1. The third-order valence-corrected chi connectivity index (χ3v) is 4.04. The Morgan fingerprint density at radius 1 is 1.33 bits per heavy atom. The molecule has 1 aromatic rings. The molecule has 0 radical (unpaired) electrons. The lowest BCUT2D eigenvalue weighted by Gasteiger charge is -2.14. The van der Waals surface area contributed by atoms with Crippen molar-refractivity contribution in [1.82, 2.24) is 10.6 Å². The fourth-order valence-corrected chi connectivity index (χ4v) is 2.44. The Labute approximate surface area is 149 Å². The SMILES string of the molecule is CCOc1cc(Cl)ccc1CNC(=NC)NCCCOCC1CC1. The number of nitrogens with zero attached hydrogens (tertiary/aromatic N) is 1. The van der Waals surface area contributed by atoms with Crippen LogP contribution in [0.3, 0.4) is 0 Å². The quantitative estimate of drug-likeness (QED) is 0.385. The van der Waals surface area contributed by atoms with Crippen molar-refractivity contribution in [1.29, 1.82) is 0 Å². The van der Waals surface area contributed by atoms with E-state index in [9.17, 15) is 0 Å². The summed E-state index contributed by atoms with van der Waals surface area (Å²) in [6, 6.07) is 5.68. The van der Waals surface area contributed by atoms with Gasteiger partial charge in [-0.1, -0.05) is 17.7 Å². The molecule has 0 unspecified atom stereocenters. The number of rotatable bonds is 10. The lowest BCUT2D eigenvalue weighted by Crippen LogP contribution is -2.37. The Morgan fingerprint density at radius 3 is 2.88 bits per heavy atom. The van der Waals surface area contributed by atoms with Crippen molar-refractivity contribution < 1.29 is 9.47 Å². The van der Waals surface area contributed by atoms with E-state index in [1.807, 2.05) is 25.1 Å². The van der Waals surface area contributed by atoms with Gasteiger partial charge in [0.2, 0.25) is 0 Å². The van der Waals surface area contributed by atoms with Gasteiger partial charge < -0.3 is 20.1 Å². The van der Waals surface area contributed by atoms with E-state index in [1.54, 1.807) is 7.05 Å². The van der Waals surface area contributed by atoms with Gasteiger partial charge in [0.1, 0.15) is 5.75 Å². The molecule has 1 fully saturated rings. The number of hydrogen-bond donors (Lipinski definition) is 2. The van der Waals surface area contributed by atoms with Crippen molar-refractivity contribution in [2.45, 2.75) is 32.7 Å². The first-order valence-corrected chi connectivity index (χ1v) is 9.04. The maximum atomic E-state index is 6.03. The van der Waals surface area contributed by atoms with Crippen molar-refractivity contribution in [3.63, 3.8) is 0 Å². The van der Waals surface area contributed by atoms with E-state index in [0.717, 1.165) is 49.4 Å². The fraction of sp³-hybridized carbons (Fsp3) is 0.611. The standard InChI is InChI=1S/C18H28ClN3O2/c1-3-24-17-11-16(19)8-7-15(17)12-22-18(20-2)21-9-4-10-23-13-14-5-6-14/h7-8,11,14H,3-6,9-10,12-13H2,1-2H3,(H2,20,21,22). The average molecular weight is 354 g/mol. The van der Waals surface area contributed by atoms with Crippen molar-refractivity contribution >= 4 is 17.6 Å². The van der Waals surface area contributed by atoms with E-state index >= 15 is 0 Å². The summed E-state index contributed by atoms with van der Waals surface area (Å²) >= 11 is 6.03. The van der Waals surface area contributed by atoms with Crippen LogP contribution < -0.4 is 15.4 Å². The maximum Gasteiger partial charge on any atom is 0.191 e. The number of nitrogens with one attached hydrogen (secondary N) is 2. The number of guanidine groups is 1. The van der Waals surface area contributed by atoms with Crippen molar-refractivity contribution in [3.05, 3.63) is 28.8 Å². The van der Waals surface area contributed by atoms with Crippen LogP contribution >= 0.6 is 11.6 Å². The summed E-state index contributed by atoms with van der Waals surface area (Å²) < 4.78 is 11.3. The molecule has 24 heavy (non-hydrogen) atoms. The minimum absolute atomic E-state index is 0.612. The molecular weight excluding hydrogens is 326 g/mol. The smallest absolute Gasteiger partial charge is 0.191 e. The van der Waals surface area contributed by atoms with Crippen LogP contribution in [0.2, 0.25) is 5.02 Å². The molecule has 0 spiro atoms. The second-order valence-electron chi connectivity index (χ2n) is 5.91. The van der Waals surface area contributed by atoms with Crippen molar-refractivity contribution in [2.75, 3.05) is 33.4 Å². The zero-order valence-electron chi connectivity index (χ0n) is 14.6. The second kappa shape index (κ2) is 10.4. The van der Waals surface area contributed by atoms with Crippen LogP contribution in [0, 0.1) is 5.92 Å². The number of aliphatic imine (C=N–C) groups is 1. The van der Waals surface area contributed by atoms with Crippen LogP contribution in [0.25, 0.3) is 0 Å². The van der Waals surface area contributed by atoms with Crippen LogP contribution in [0.5, 0.6) is 5.75 Å². The van der Waals surface area contributed by atoms with Crippen LogP contribution in [0.4, 0.5) is 0 Å². The minimum atomic E-state index is 0.612. The molecule has 0 aliphatic heterocycles. The summed E-state index contributed by atoms with van der Waals surface area (Å²) in [4.78, 5) is 4.24. The summed E-state index contributed by atoms with van der Waals surface area (Å²) in [5.74, 6) is 2.40. The Hall–Kier alpha value is -1.46. The Balaban J connectivity index is 1.68. The highest BCUT2D eigenvalue weighted by Gasteiger charge is 2.20. The highest BCUT2D eigenvalue weighted by atomic mass is 35.5. The second-order valence-corrected chi connectivity index (χ2v) is 6.35. The number of hydrogen-bond acceptors (Lipinski definition) is 3. The highest BCUT2D eigenvalue weighted by Crippen LogP contribution is 2.28. The molecule has 2 N–H and O–H groups in total. The lowest BCUT2D eigenvalue weighted by atomic mass is 10.2. The molecule has 5 nitrogen and oxygen atoms in total. The molecule has 0 aromatic heterocycles. The molecule has 1 aromatic carbocycles. The van der Waals surface area contributed by atoms with Gasteiger partial charge in [0, 0.05) is 43.9 Å². The van der Waals surface area contributed by atoms with E-state index in [2.05, 4.69) is 15.6 Å². The van der Waals surface area contributed by atoms with E-state index in [1.165, 1.54) is 12.8 Å². The molecule has 6 heteroatoms. The van der Waals surface area contributed by atoms with Gasteiger partial charge in [0.25, 0.3) is 0 Å². The molecule has 0 saturated heterocycles. The zero-order chi connectivity index (χ0) is 17.2. The van der Waals surface area contributed by atoms with Crippen LogP contribution in [0.1, 0.15) is 31.7 Å². The van der Waals surface area contributed by atoms with Gasteiger partial charge in [0.05, 0.1) is 6.61 Å². The van der Waals surface area contributed by atoms with E-state index in [0.29, 0.717) is 18.2 Å². The lowest BCUT2D eigenvalue weighted by molar-refractivity contribution is 0.123. The summed E-state index contributed by atoms with van der Waals surface area (Å²) in [5.41, 5.74) is 1.05. The van der Waals surface area contributed by atoms with Gasteiger partial charge in [-0.25, -0.2) is 0 Å². The van der Waals surface area contributed by atoms with Crippen LogP contribution in [0.15, 0.2) is 23.2 Å². The average Bonchev–Trinajstić information content (AvgIpc) is 3.39. The third-order valence-electron chi connectivity index (χ3n) is 3.81. The molecule has 1 aliphatic carbocycles. The molecule has 2 rings (SSSR count). The summed E-state index contributed by atoms with van der Waals surface area (Å²) in [6.45, 7) is 5.76. The largest absolute Gasteiger partial charge is 0.493 e. The summed E-state index contributed by atoms with van der Waals surface area (Å²) in [5, 5.41) is 7.27. The first-order chi connectivity index (χ1) is 11.7. The first-order valence-electron chi connectivity index (χ1n) is 8.66. The van der Waals surface area contributed by atoms with Gasteiger partial charge in [-0.05, 0) is 44.2 Å². The topological polar surface area (TPSA) is 54.9 Å².